The fourth-order valence-corrected chi connectivity index (χ4v) is 3.77. The van der Waals surface area contributed by atoms with Gasteiger partial charge in [0.05, 0.1) is 16.1 Å². The van der Waals surface area contributed by atoms with Crippen LogP contribution in [0, 0.1) is 17.5 Å². The molecule has 3 rings (SSSR count). The molecule has 2 aromatic carbocycles. The van der Waals surface area contributed by atoms with Crippen molar-refractivity contribution in [3.8, 4) is 0 Å². The molecule has 160 valence electrons. The maximum Gasteiger partial charge on any atom is 0.338 e. The summed E-state index contributed by atoms with van der Waals surface area (Å²) in [6.07, 6.45) is 0.0491. The van der Waals surface area contributed by atoms with Gasteiger partial charge in [-0.15, -0.1) is 0 Å². The Labute approximate surface area is 170 Å². The first-order valence-corrected chi connectivity index (χ1v) is 10.3. The third kappa shape index (κ3) is 4.97. The Kier molecular flexibility index (Phi) is 6.13. The van der Waals surface area contributed by atoms with E-state index in [4.69, 9.17) is 4.74 Å². The van der Waals surface area contributed by atoms with Gasteiger partial charge in [0, 0.05) is 6.04 Å². The van der Waals surface area contributed by atoms with Crippen molar-refractivity contribution < 1.29 is 35.9 Å². The Balaban J connectivity index is 1.67. The molecule has 11 heteroatoms. The summed E-state index contributed by atoms with van der Waals surface area (Å²) in [5.74, 6) is -6.76. The van der Waals surface area contributed by atoms with Gasteiger partial charge in [-0.2, -0.15) is 0 Å². The Morgan fingerprint density at radius 1 is 1.10 bits per heavy atom. The zero-order valence-corrected chi connectivity index (χ0v) is 16.4. The van der Waals surface area contributed by atoms with Crippen molar-refractivity contribution in [1.29, 1.82) is 0 Å². The van der Waals surface area contributed by atoms with E-state index in [2.05, 4.69) is 4.72 Å². The number of ether oxygens (including phenoxy) is 1. The summed E-state index contributed by atoms with van der Waals surface area (Å²) in [4.78, 5) is 24.3. The van der Waals surface area contributed by atoms with Crippen LogP contribution in [0.25, 0.3) is 0 Å². The molecule has 0 saturated heterocycles. The summed E-state index contributed by atoms with van der Waals surface area (Å²) in [6.45, 7) is 1.18. The van der Waals surface area contributed by atoms with E-state index in [9.17, 15) is 31.2 Å². The smallest absolute Gasteiger partial charge is 0.338 e. The van der Waals surface area contributed by atoms with Gasteiger partial charge in [-0.05, 0) is 50.1 Å². The second kappa shape index (κ2) is 8.44. The number of carbonyl (C=O) groups is 2. The first-order valence-electron chi connectivity index (χ1n) is 8.86. The van der Waals surface area contributed by atoms with Gasteiger partial charge in [0.1, 0.15) is 0 Å². The van der Waals surface area contributed by atoms with Crippen LogP contribution in [-0.2, 0) is 19.6 Å². The van der Waals surface area contributed by atoms with E-state index in [1.165, 1.54) is 25.1 Å². The fraction of sp³-hybridized carbons (Fsp3) is 0.263. The van der Waals surface area contributed by atoms with Gasteiger partial charge in [-0.3, -0.25) is 4.79 Å². The maximum atomic E-state index is 13.7. The number of anilines is 1. The molecule has 0 bridgehead atoms. The molecule has 1 atom stereocenters. The van der Waals surface area contributed by atoms with Crippen LogP contribution >= 0.6 is 0 Å². The lowest BCUT2D eigenvalue weighted by Gasteiger charge is -2.14. The normalized spacial score (nSPS) is 14.8. The zero-order valence-electron chi connectivity index (χ0n) is 15.6. The van der Waals surface area contributed by atoms with Crippen LogP contribution in [0.1, 0.15) is 30.1 Å². The van der Waals surface area contributed by atoms with Gasteiger partial charge < -0.3 is 10.1 Å². The maximum absolute atomic E-state index is 13.7. The lowest BCUT2D eigenvalue weighted by atomic mass is 10.2. The summed E-state index contributed by atoms with van der Waals surface area (Å²) in [5, 5.41) is 2.00. The summed E-state index contributed by atoms with van der Waals surface area (Å²) >= 11 is 0. The van der Waals surface area contributed by atoms with Crippen LogP contribution in [0.5, 0.6) is 0 Å². The van der Waals surface area contributed by atoms with Crippen molar-refractivity contribution in [2.45, 2.75) is 36.8 Å². The number of benzene rings is 2. The van der Waals surface area contributed by atoms with Gasteiger partial charge in [0.2, 0.25) is 10.0 Å². The first-order chi connectivity index (χ1) is 14.1. The van der Waals surface area contributed by atoms with Gasteiger partial charge in [0.25, 0.3) is 5.91 Å². The lowest BCUT2D eigenvalue weighted by Crippen LogP contribution is -2.30. The standard InChI is InChI=1S/C19H17F3N2O5S/c1-10(18(25)23-15-8-7-14(20)16(21)17(15)22)29-19(26)11-3-2-4-13(9-11)30(27,28)24-12-5-6-12/h2-4,7-10,12,24H,5-6H2,1H3,(H,23,25). The third-order valence-corrected chi connectivity index (χ3v) is 5.74. The van der Waals surface area contributed by atoms with E-state index in [0.29, 0.717) is 6.07 Å². The van der Waals surface area contributed by atoms with Crippen molar-refractivity contribution in [3.63, 3.8) is 0 Å². The predicted octanol–water partition coefficient (Wildman–Crippen LogP) is 2.73. The molecule has 0 heterocycles. The van der Waals surface area contributed by atoms with Crippen LogP contribution in [0.3, 0.4) is 0 Å². The van der Waals surface area contributed by atoms with Crippen LogP contribution in [0.2, 0.25) is 0 Å². The summed E-state index contributed by atoms with van der Waals surface area (Å²) < 4.78 is 71.8. The second-order valence-electron chi connectivity index (χ2n) is 6.68. The summed E-state index contributed by atoms with van der Waals surface area (Å²) in [6, 6.07) is 6.40. The number of rotatable bonds is 7. The average Bonchev–Trinajstić information content (AvgIpc) is 3.51. The van der Waals surface area contributed by atoms with Crippen molar-refractivity contribution in [1.82, 2.24) is 4.72 Å². The van der Waals surface area contributed by atoms with E-state index in [-0.39, 0.29) is 16.5 Å². The highest BCUT2D eigenvalue weighted by Crippen LogP contribution is 2.23. The molecule has 1 fully saturated rings. The minimum absolute atomic E-state index is 0.118. The monoisotopic (exact) mass is 442 g/mol. The number of esters is 1. The topological polar surface area (TPSA) is 102 Å². The Morgan fingerprint density at radius 2 is 1.80 bits per heavy atom. The van der Waals surface area contributed by atoms with Crippen LogP contribution < -0.4 is 10.0 Å². The Bertz CT molecular complexity index is 1100. The SMILES string of the molecule is CC(OC(=O)c1cccc(S(=O)(=O)NC2CC2)c1)C(=O)Nc1ccc(F)c(F)c1F. The zero-order chi connectivity index (χ0) is 22.1. The highest BCUT2D eigenvalue weighted by atomic mass is 32.2. The molecule has 2 N–H and O–H groups in total. The van der Waals surface area contributed by atoms with E-state index < -0.39 is 51.1 Å². The van der Waals surface area contributed by atoms with Crippen molar-refractivity contribution in [2.24, 2.45) is 0 Å². The number of nitrogens with one attached hydrogen (secondary N) is 2. The van der Waals surface area contributed by atoms with Crippen LogP contribution in [0.4, 0.5) is 18.9 Å². The first kappa shape index (κ1) is 21.8. The van der Waals surface area contributed by atoms with Gasteiger partial charge in [-0.25, -0.2) is 31.1 Å². The molecule has 0 spiro atoms. The number of hydrogen-bond donors (Lipinski definition) is 2. The minimum atomic E-state index is -3.80. The highest BCUT2D eigenvalue weighted by molar-refractivity contribution is 7.89. The molecule has 1 amide bonds. The van der Waals surface area contributed by atoms with Crippen molar-refractivity contribution >= 4 is 27.6 Å². The molecule has 30 heavy (non-hydrogen) atoms. The Morgan fingerprint density at radius 3 is 2.47 bits per heavy atom. The quantitative estimate of drug-likeness (QED) is 0.507. The van der Waals surface area contributed by atoms with E-state index >= 15 is 0 Å². The molecule has 0 aromatic heterocycles. The minimum Gasteiger partial charge on any atom is -0.449 e. The van der Waals surface area contributed by atoms with E-state index in [1.807, 2.05) is 5.32 Å². The van der Waals surface area contributed by atoms with E-state index in [0.717, 1.165) is 25.0 Å². The molecule has 1 aliphatic carbocycles. The number of hydrogen-bond acceptors (Lipinski definition) is 5. The van der Waals surface area contributed by atoms with Gasteiger partial charge in [-0.1, -0.05) is 6.07 Å². The molecule has 2 aromatic rings. The number of carbonyl (C=O) groups excluding carboxylic acids is 2. The Hall–Kier alpha value is -2.92. The number of amides is 1. The van der Waals surface area contributed by atoms with Crippen LogP contribution in [-0.4, -0.2) is 32.4 Å². The molecule has 1 unspecified atom stereocenters. The highest BCUT2D eigenvalue weighted by Gasteiger charge is 2.29. The molecule has 1 aliphatic rings. The van der Waals surface area contributed by atoms with Crippen molar-refractivity contribution in [2.75, 3.05) is 5.32 Å². The summed E-state index contributed by atoms with van der Waals surface area (Å²) in [5.41, 5.74) is -0.742. The van der Waals surface area contributed by atoms with E-state index in [1.54, 1.807) is 0 Å². The average molecular weight is 442 g/mol. The fourth-order valence-electron chi connectivity index (χ4n) is 2.42. The largest absolute Gasteiger partial charge is 0.449 e. The third-order valence-electron chi connectivity index (χ3n) is 4.23. The molecule has 0 radical (unpaired) electrons. The predicted molar refractivity (Wildman–Crippen MR) is 99.6 cm³/mol. The molecule has 0 aliphatic heterocycles. The summed E-state index contributed by atoms with van der Waals surface area (Å²) in [7, 11) is -3.80. The van der Waals surface area contributed by atoms with Gasteiger partial charge >= 0.3 is 5.97 Å². The number of sulfonamides is 1. The molecular weight excluding hydrogens is 425 g/mol. The second-order valence-corrected chi connectivity index (χ2v) is 8.40. The molecule has 7 nitrogen and oxygen atoms in total. The molecular formula is C19H17F3N2O5S. The lowest BCUT2D eigenvalue weighted by molar-refractivity contribution is -0.123. The van der Waals surface area contributed by atoms with Gasteiger partial charge in [0.15, 0.2) is 23.6 Å². The van der Waals surface area contributed by atoms with Crippen LogP contribution in [0.15, 0.2) is 41.3 Å². The van der Waals surface area contributed by atoms with Crippen molar-refractivity contribution in [3.05, 3.63) is 59.4 Å². The number of halogens is 3. The molecule has 1 saturated carbocycles.